The number of ether oxygens (including phenoxy) is 1. The molecule has 0 saturated heterocycles. The smallest absolute Gasteiger partial charge is 0.363 e. The van der Waals surface area contributed by atoms with Crippen molar-refractivity contribution in [2.75, 3.05) is 0 Å². The molecule has 0 amide bonds. The Morgan fingerprint density at radius 1 is 1.00 bits per heavy atom. The minimum Gasteiger partial charge on any atom is -0.403 e. The molecule has 3 rings (SSSR count). The van der Waals surface area contributed by atoms with E-state index in [4.69, 9.17) is 4.74 Å². The van der Waals surface area contributed by atoms with Gasteiger partial charge < -0.3 is 4.74 Å². The second kappa shape index (κ2) is 7.23. The van der Waals surface area contributed by atoms with E-state index in [1.54, 1.807) is 30.4 Å². The normalized spacial score (nSPS) is 15.5. The van der Waals surface area contributed by atoms with E-state index in [0.717, 1.165) is 15.6 Å². The highest BCUT2D eigenvalue weighted by atomic mass is 79.9. The molecule has 2 aromatic carbocycles. The SMILES string of the molecule is O=C1OC(/C=C/c2ccc([N+](=O)[O-])cc2)=NC/1=C/c1ccc(Br)cc1. The second-order valence-electron chi connectivity index (χ2n) is 5.10. The number of cyclic esters (lactones) is 1. The number of halogens is 1. The number of nitrogens with zero attached hydrogens (tertiary/aromatic N) is 2. The molecule has 0 radical (unpaired) electrons. The van der Waals surface area contributed by atoms with Crippen LogP contribution in [0.3, 0.4) is 0 Å². The lowest BCUT2D eigenvalue weighted by Crippen LogP contribution is -2.01. The van der Waals surface area contributed by atoms with Crippen molar-refractivity contribution < 1.29 is 14.5 Å². The first-order valence-corrected chi connectivity index (χ1v) is 8.01. The van der Waals surface area contributed by atoms with Crippen LogP contribution < -0.4 is 0 Å². The molecule has 0 fully saturated rings. The molecule has 0 N–H and O–H groups in total. The van der Waals surface area contributed by atoms with Crippen LogP contribution in [0.2, 0.25) is 0 Å². The van der Waals surface area contributed by atoms with Crippen LogP contribution in [0.1, 0.15) is 11.1 Å². The van der Waals surface area contributed by atoms with E-state index in [1.165, 1.54) is 12.1 Å². The predicted molar refractivity (Wildman–Crippen MR) is 97.8 cm³/mol. The summed E-state index contributed by atoms with van der Waals surface area (Å²) in [7, 11) is 0. The van der Waals surface area contributed by atoms with Crippen molar-refractivity contribution in [1.29, 1.82) is 0 Å². The fraction of sp³-hybridized carbons (Fsp3) is 0. The quantitative estimate of drug-likeness (QED) is 0.331. The van der Waals surface area contributed by atoms with Crippen LogP contribution >= 0.6 is 15.9 Å². The lowest BCUT2D eigenvalue weighted by Gasteiger charge is -1.94. The number of rotatable bonds is 4. The second-order valence-corrected chi connectivity index (χ2v) is 6.02. The number of nitro groups is 1. The van der Waals surface area contributed by atoms with Gasteiger partial charge in [0, 0.05) is 22.7 Å². The summed E-state index contributed by atoms with van der Waals surface area (Å²) in [5.41, 5.74) is 1.79. The van der Waals surface area contributed by atoms with Gasteiger partial charge in [0.15, 0.2) is 5.70 Å². The number of aliphatic imine (C=N–C) groups is 1. The van der Waals surface area contributed by atoms with Gasteiger partial charge in [0.2, 0.25) is 5.90 Å². The van der Waals surface area contributed by atoms with Crippen LogP contribution in [0, 0.1) is 10.1 Å². The summed E-state index contributed by atoms with van der Waals surface area (Å²) < 4.78 is 6.04. The van der Waals surface area contributed by atoms with Gasteiger partial charge in [-0.3, -0.25) is 10.1 Å². The van der Waals surface area contributed by atoms with Crippen LogP contribution in [0.5, 0.6) is 0 Å². The van der Waals surface area contributed by atoms with Crippen LogP contribution in [-0.4, -0.2) is 16.8 Å². The molecule has 1 aliphatic rings. The van der Waals surface area contributed by atoms with E-state index < -0.39 is 10.9 Å². The van der Waals surface area contributed by atoms with Crippen molar-refractivity contribution in [3.63, 3.8) is 0 Å². The van der Waals surface area contributed by atoms with Crippen molar-refractivity contribution in [2.45, 2.75) is 0 Å². The number of carbonyl (C=O) groups excluding carboxylic acids is 1. The minimum atomic E-state index is -0.522. The van der Waals surface area contributed by atoms with Crippen molar-refractivity contribution in [2.24, 2.45) is 4.99 Å². The van der Waals surface area contributed by atoms with Crippen molar-refractivity contribution in [3.05, 3.63) is 86.0 Å². The summed E-state index contributed by atoms with van der Waals surface area (Å²) in [5, 5.41) is 10.6. The molecule has 2 aromatic rings. The van der Waals surface area contributed by atoms with Crippen molar-refractivity contribution in [1.82, 2.24) is 0 Å². The molecule has 0 unspecified atom stereocenters. The summed E-state index contributed by atoms with van der Waals surface area (Å²) >= 11 is 3.35. The highest BCUT2D eigenvalue weighted by Gasteiger charge is 2.21. The van der Waals surface area contributed by atoms with Gasteiger partial charge in [-0.2, -0.15) is 0 Å². The highest BCUT2D eigenvalue weighted by Crippen LogP contribution is 2.19. The Bertz CT molecular complexity index is 913. The molecular weight excluding hydrogens is 388 g/mol. The van der Waals surface area contributed by atoms with Gasteiger partial charge in [-0.1, -0.05) is 28.1 Å². The Hall–Kier alpha value is -3.06. The number of nitro benzene ring substituents is 1. The Morgan fingerprint density at radius 2 is 1.64 bits per heavy atom. The summed E-state index contributed by atoms with van der Waals surface area (Å²) in [6, 6.07) is 13.4. The average molecular weight is 399 g/mol. The molecule has 0 bridgehead atoms. The first kappa shape index (κ1) is 16.8. The van der Waals surface area contributed by atoms with Gasteiger partial charge in [0.25, 0.3) is 5.69 Å². The van der Waals surface area contributed by atoms with E-state index in [9.17, 15) is 14.9 Å². The van der Waals surface area contributed by atoms with Gasteiger partial charge in [-0.15, -0.1) is 0 Å². The Labute approximate surface area is 151 Å². The first-order valence-electron chi connectivity index (χ1n) is 7.22. The third kappa shape index (κ3) is 4.27. The number of hydrogen-bond donors (Lipinski definition) is 0. The number of non-ortho nitro benzene ring substituents is 1. The van der Waals surface area contributed by atoms with Crippen LogP contribution in [0.25, 0.3) is 12.2 Å². The molecular formula is C18H11BrN2O4. The van der Waals surface area contributed by atoms with Crippen molar-refractivity contribution >= 4 is 45.6 Å². The Morgan fingerprint density at radius 3 is 2.28 bits per heavy atom. The van der Waals surface area contributed by atoms with Crippen LogP contribution in [-0.2, 0) is 9.53 Å². The standard InChI is InChI=1S/C18H11BrN2O4/c19-14-6-1-13(2-7-14)11-16-18(22)25-17(20-16)10-5-12-3-8-15(9-4-12)21(23)24/h1-11H/b10-5+,16-11+. The fourth-order valence-corrected chi connectivity index (χ4v) is 2.35. The molecule has 6 nitrogen and oxygen atoms in total. The van der Waals surface area contributed by atoms with E-state index >= 15 is 0 Å². The topological polar surface area (TPSA) is 81.8 Å². The molecule has 7 heteroatoms. The zero-order valence-electron chi connectivity index (χ0n) is 12.8. The Kier molecular flexibility index (Phi) is 4.85. The summed E-state index contributed by atoms with van der Waals surface area (Å²) in [6.45, 7) is 0. The zero-order valence-corrected chi connectivity index (χ0v) is 14.3. The summed E-state index contributed by atoms with van der Waals surface area (Å²) in [6.07, 6.45) is 4.85. The molecule has 0 atom stereocenters. The molecule has 124 valence electrons. The predicted octanol–water partition coefficient (Wildman–Crippen LogP) is 4.37. The molecule has 0 saturated carbocycles. The van der Waals surface area contributed by atoms with E-state index in [0.29, 0.717) is 0 Å². The van der Waals surface area contributed by atoms with E-state index in [1.807, 2.05) is 24.3 Å². The summed E-state index contributed by atoms with van der Waals surface area (Å²) in [4.78, 5) is 26.2. The molecule has 1 aliphatic heterocycles. The van der Waals surface area contributed by atoms with E-state index in [-0.39, 0.29) is 17.3 Å². The number of carbonyl (C=O) groups is 1. The fourth-order valence-electron chi connectivity index (χ4n) is 2.09. The number of hydrogen-bond acceptors (Lipinski definition) is 5. The molecule has 0 spiro atoms. The average Bonchev–Trinajstić information content (AvgIpc) is 2.95. The highest BCUT2D eigenvalue weighted by molar-refractivity contribution is 9.10. The Balaban J connectivity index is 1.75. The van der Waals surface area contributed by atoms with Gasteiger partial charge in [-0.05, 0) is 47.5 Å². The molecule has 1 heterocycles. The summed E-state index contributed by atoms with van der Waals surface area (Å²) in [5.74, 6) is -0.349. The zero-order chi connectivity index (χ0) is 17.8. The maximum absolute atomic E-state index is 11.9. The molecule has 25 heavy (non-hydrogen) atoms. The van der Waals surface area contributed by atoms with Gasteiger partial charge in [-0.25, -0.2) is 9.79 Å². The van der Waals surface area contributed by atoms with E-state index in [2.05, 4.69) is 20.9 Å². The third-order valence-electron chi connectivity index (χ3n) is 3.33. The number of esters is 1. The lowest BCUT2D eigenvalue weighted by atomic mass is 10.2. The first-order chi connectivity index (χ1) is 12.0. The van der Waals surface area contributed by atoms with Gasteiger partial charge >= 0.3 is 5.97 Å². The maximum Gasteiger partial charge on any atom is 0.363 e. The van der Waals surface area contributed by atoms with Crippen LogP contribution in [0.15, 0.2) is 69.8 Å². The maximum atomic E-state index is 11.9. The molecule has 0 aliphatic carbocycles. The van der Waals surface area contributed by atoms with Gasteiger partial charge in [0.1, 0.15) is 0 Å². The number of benzene rings is 2. The third-order valence-corrected chi connectivity index (χ3v) is 3.86. The van der Waals surface area contributed by atoms with Gasteiger partial charge in [0.05, 0.1) is 4.92 Å². The minimum absolute atomic E-state index is 0.0153. The van der Waals surface area contributed by atoms with Crippen LogP contribution in [0.4, 0.5) is 5.69 Å². The largest absolute Gasteiger partial charge is 0.403 e. The van der Waals surface area contributed by atoms with Crippen molar-refractivity contribution in [3.8, 4) is 0 Å². The lowest BCUT2D eigenvalue weighted by molar-refractivity contribution is -0.384. The molecule has 0 aromatic heterocycles. The monoisotopic (exact) mass is 398 g/mol.